The van der Waals surface area contributed by atoms with Gasteiger partial charge in [0.2, 0.25) is 5.91 Å². The first kappa shape index (κ1) is 18.0. The topological polar surface area (TPSA) is 70.7 Å². The minimum Gasteiger partial charge on any atom is -0.497 e. The zero-order chi connectivity index (χ0) is 16.5. The van der Waals surface area contributed by atoms with E-state index in [0.29, 0.717) is 19.0 Å². The van der Waals surface area contributed by atoms with Crippen molar-refractivity contribution in [1.29, 1.82) is 0 Å². The summed E-state index contributed by atoms with van der Waals surface area (Å²) in [7, 11) is 3.44. The number of methoxy groups -OCH3 is 1. The van der Waals surface area contributed by atoms with Gasteiger partial charge in [-0.2, -0.15) is 0 Å². The molecule has 1 rings (SSSR count). The van der Waals surface area contributed by atoms with Crippen LogP contribution in [-0.4, -0.2) is 44.1 Å². The fourth-order valence-electron chi connectivity index (χ4n) is 1.89. The molecule has 0 saturated carbocycles. The third-order valence-electron chi connectivity index (χ3n) is 2.92. The maximum atomic E-state index is 11.8. The summed E-state index contributed by atoms with van der Waals surface area (Å²) in [5.74, 6) is 0.798. The molecule has 0 aliphatic rings. The summed E-state index contributed by atoms with van der Waals surface area (Å²) in [5, 5.41) is 4.96. The van der Waals surface area contributed by atoms with Crippen molar-refractivity contribution in [3.8, 4) is 5.75 Å². The van der Waals surface area contributed by atoms with Crippen molar-refractivity contribution in [2.45, 2.75) is 20.4 Å². The Bertz CT molecular complexity index is 503. The van der Waals surface area contributed by atoms with Crippen LogP contribution in [0.1, 0.15) is 19.4 Å². The average Bonchev–Trinajstić information content (AvgIpc) is 2.44. The molecule has 6 heteroatoms. The summed E-state index contributed by atoms with van der Waals surface area (Å²) in [5.41, 5.74) is 1.04. The van der Waals surface area contributed by atoms with Crippen molar-refractivity contribution in [2.75, 3.05) is 27.2 Å². The molecule has 0 saturated heterocycles. The first-order chi connectivity index (χ1) is 10.4. The van der Waals surface area contributed by atoms with Crippen molar-refractivity contribution >= 4 is 11.9 Å². The largest absolute Gasteiger partial charge is 0.497 e. The van der Waals surface area contributed by atoms with Gasteiger partial charge >= 0.3 is 6.03 Å². The first-order valence-corrected chi connectivity index (χ1v) is 7.30. The molecule has 0 unspecified atom stereocenters. The van der Waals surface area contributed by atoms with Crippen LogP contribution in [0.25, 0.3) is 0 Å². The standard InChI is InChI=1S/C16H25N3O3/c1-12(2)9-17-16(21)18-15(20)11-19(3)10-13-6-5-7-14(8-13)22-4/h5-8,12H,9-11H2,1-4H3,(H2,17,18,20,21). The van der Waals surface area contributed by atoms with Gasteiger partial charge in [0.15, 0.2) is 0 Å². The van der Waals surface area contributed by atoms with E-state index in [-0.39, 0.29) is 12.5 Å². The molecule has 0 aromatic heterocycles. The third-order valence-corrected chi connectivity index (χ3v) is 2.92. The average molecular weight is 307 g/mol. The Morgan fingerprint density at radius 3 is 2.68 bits per heavy atom. The molecule has 3 amide bonds. The summed E-state index contributed by atoms with van der Waals surface area (Å²) in [6.07, 6.45) is 0. The summed E-state index contributed by atoms with van der Waals surface area (Å²) >= 11 is 0. The van der Waals surface area contributed by atoms with Gasteiger partial charge in [0, 0.05) is 13.1 Å². The van der Waals surface area contributed by atoms with Gasteiger partial charge < -0.3 is 10.1 Å². The van der Waals surface area contributed by atoms with Gasteiger partial charge in [-0.05, 0) is 30.7 Å². The Kier molecular flexibility index (Phi) is 7.39. The second-order valence-corrected chi connectivity index (χ2v) is 5.68. The van der Waals surface area contributed by atoms with Gasteiger partial charge in [-0.15, -0.1) is 0 Å². The highest BCUT2D eigenvalue weighted by atomic mass is 16.5. The van der Waals surface area contributed by atoms with E-state index in [9.17, 15) is 9.59 Å². The maximum absolute atomic E-state index is 11.8. The minimum absolute atomic E-state index is 0.145. The lowest BCUT2D eigenvalue weighted by Crippen LogP contribution is -2.44. The van der Waals surface area contributed by atoms with Gasteiger partial charge in [0.1, 0.15) is 5.75 Å². The van der Waals surface area contributed by atoms with E-state index in [2.05, 4.69) is 10.6 Å². The molecule has 0 fully saturated rings. The number of benzene rings is 1. The maximum Gasteiger partial charge on any atom is 0.321 e. The number of hydrogen-bond donors (Lipinski definition) is 2. The predicted molar refractivity (Wildman–Crippen MR) is 85.7 cm³/mol. The fourth-order valence-corrected chi connectivity index (χ4v) is 1.89. The lowest BCUT2D eigenvalue weighted by Gasteiger charge is -2.16. The van der Waals surface area contributed by atoms with E-state index < -0.39 is 6.03 Å². The summed E-state index contributed by atoms with van der Waals surface area (Å²) < 4.78 is 5.17. The number of rotatable bonds is 7. The molecule has 1 aromatic rings. The van der Waals surface area contributed by atoms with Gasteiger partial charge in [-0.25, -0.2) is 4.79 Å². The zero-order valence-electron chi connectivity index (χ0n) is 13.7. The number of carbonyl (C=O) groups excluding carboxylic acids is 2. The zero-order valence-corrected chi connectivity index (χ0v) is 13.7. The van der Waals surface area contributed by atoms with Crippen LogP contribution in [0, 0.1) is 5.92 Å². The SMILES string of the molecule is COc1cccc(CN(C)CC(=O)NC(=O)NCC(C)C)c1. The Hall–Kier alpha value is -2.08. The molecule has 0 atom stereocenters. The van der Waals surface area contributed by atoms with Crippen LogP contribution in [0.3, 0.4) is 0 Å². The molecule has 2 N–H and O–H groups in total. The molecule has 122 valence electrons. The molecule has 6 nitrogen and oxygen atoms in total. The number of hydrogen-bond acceptors (Lipinski definition) is 4. The van der Waals surface area contributed by atoms with Crippen LogP contribution in [0.4, 0.5) is 4.79 Å². The highest BCUT2D eigenvalue weighted by Gasteiger charge is 2.11. The van der Waals surface area contributed by atoms with Crippen LogP contribution >= 0.6 is 0 Å². The molecule has 1 aromatic carbocycles. The van der Waals surface area contributed by atoms with Crippen molar-refractivity contribution in [3.05, 3.63) is 29.8 Å². The molecule has 0 spiro atoms. The fraction of sp³-hybridized carbons (Fsp3) is 0.500. The number of imide groups is 1. The van der Waals surface area contributed by atoms with Crippen molar-refractivity contribution in [1.82, 2.24) is 15.5 Å². The van der Waals surface area contributed by atoms with E-state index in [0.717, 1.165) is 11.3 Å². The number of nitrogens with zero attached hydrogens (tertiary/aromatic N) is 1. The summed E-state index contributed by atoms with van der Waals surface area (Å²) in [4.78, 5) is 25.1. The highest BCUT2D eigenvalue weighted by Crippen LogP contribution is 2.13. The van der Waals surface area contributed by atoms with E-state index >= 15 is 0 Å². The Morgan fingerprint density at radius 1 is 1.32 bits per heavy atom. The van der Waals surface area contributed by atoms with Gasteiger partial charge in [-0.3, -0.25) is 15.0 Å². The van der Waals surface area contributed by atoms with Crippen LogP contribution in [0.2, 0.25) is 0 Å². The number of carbonyl (C=O) groups is 2. The van der Waals surface area contributed by atoms with Crippen LogP contribution in [0.15, 0.2) is 24.3 Å². The second-order valence-electron chi connectivity index (χ2n) is 5.68. The Morgan fingerprint density at radius 2 is 2.05 bits per heavy atom. The third kappa shape index (κ3) is 7.08. The minimum atomic E-state index is -0.450. The molecule has 22 heavy (non-hydrogen) atoms. The molecule has 0 aliphatic heterocycles. The second kappa shape index (κ2) is 9.04. The lowest BCUT2D eigenvalue weighted by molar-refractivity contribution is -0.120. The number of likely N-dealkylation sites (N-methyl/N-ethyl adjacent to an activating group) is 1. The van der Waals surface area contributed by atoms with Gasteiger partial charge in [-0.1, -0.05) is 26.0 Å². The Labute approximate surface area is 131 Å². The Balaban J connectivity index is 2.38. The first-order valence-electron chi connectivity index (χ1n) is 7.30. The summed E-state index contributed by atoms with van der Waals surface area (Å²) in [6.45, 7) is 5.26. The van der Waals surface area contributed by atoms with E-state index in [1.165, 1.54) is 0 Å². The van der Waals surface area contributed by atoms with Crippen molar-refractivity contribution < 1.29 is 14.3 Å². The molecule has 0 bridgehead atoms. The molecule has 0 aliphatic carbocycles. The molecular formula is C16H25N3O3. The molecular weight excluding hydrogens is 282 g/mol. The number of urea groups is 1. The van der Waals surface area contributed by atoms with Crippen LogP contribution in [0.5, 0.6) is 5.75 Å². The normalized spacial score (nSPS) is 10.6. The van der Waals surface area contributed by atoms with E-state index in [1.54, 1.807) is 7.11 Å². The van der Waals surface area contributed by atoms with Gasteiger partial charge in [0.05, 0.1) is 13.7 Å². The van der Waals surface area contributed by atoms with Gasteiger partial charge in [0.25, 0.3) is 0 Å². The van der Waals surface area contributed by atoms with Crippen LogP contribution < -0.4 is 15.4 Å². The lowest BCUT2D eigenvalue weighted by atomic mass is 10.2. The number of nitrogens with one attached hydrogen (secondary N) is 2. The molecule has 0 heterocycles. The van der Waals surface area contributed by atoms with Crippen LogP contribution in [-0.2, 0) is 11.3 Å². The smallest absolute Gasteiger partial charge is 0.321 e. The van der Waals surface area contributed by atoms with Crippen molar-refractivity contribution in [2.24, 2.45) is 5.92 Å². The predicted octanol–water partition coefficient (Wildman–Crippen LogP) is 1.61. The monoisotopic (exact) mass is 307 g/mol. The van der Waals surface area contributed by atoms with Crippen molar-refractivity contribution in [3.63, 3.8) is 0 Å². The van der Waals surface area contributed by atoms with E-state index in [1.807, 2.05) is 50.1 Å². The molecule has 0 radical (unpaired) electrons. The van der Waals surface area contributed by atoms with E-state index in [4.69, 9.17) is 4.74 Å². The quantitative estimate of drug-likeness (QED) is 0.803. The number of amides is 3. The highest BCUT2D eigenvalue weighted by molar-refractivity contribution is 5.95. The summed E-state index contributed by atoms with van der Waals surface area (Å²) in [6, 6.07) is 7.21. The number of ether oxygens (including phenoxy) is 1.